The molecule has 2 heterocycles. The van der Waals surface area contributed by atoms with Crippen LogP contribution in [0.3, 0.4) is 0 Å². The molecule has 1 amide bonds. The second-order valence-electron chi connectivity index (χ2n) is 5.23. The maximum Gasteiger partial charge on any atom is 0.293 e. The molecule has 0 radical (unpaired) electrons. The summed E-state index contributed by atoms with van der Waals surface area (Å²) in [5.74, 6) is -0.0875. The Bertz CT molecular complexity index is 1080. The number of fused-ring (bicyclic) bond motifs is 2. The van der Waals surface area contributed by atoms with E-state index >= 15 is 0 Å². The van der Waals surface area contributed by atoms with Crippen molar-refractivity contribution in [3.8, 4) is 5.75 Å². The number of rotatable bonds is 2. The van der Waals surface area contributed by atoms with Crippen molar-refractivity contribution in [3.63, 3.8) is 0 Å². The number of benzene rings is 2. The van der Waals surface area contributed by atoms with E-state index in [0.717, 1.165) is 15.6 Å². The van der Waals surface area contributed by atoms with Gasteiger partial charge in [-0.2, -0.15) is 0 Å². The van der Waals surface area contributed by atoms with E-state index in [9.17, 15) is 9.90 Å². The highest BCUT2D eigenvalue weighted by atomic mass is 32.1. The first-order chi connectivity index (χ1) is 12.1. The lowest BCUT2D eigenvalue weighted by Crippen LogP contribution is -2.33. The molecule has 8 heteroatoms. The average molecular weight is 369 g/mol. The molecule has 0 saturated heterocycles. The number of anilines is 1. The van der Waals surface area contributed by atoms with Gasteiger partial charge in [0.05, 0.1) is 10.2 Å². The van der Waals surface area contributed by atoms with Gasteiger partial charge in [-0.05, 0) is 42.5 Å². The molecule has 25 heavy (non-hydrogen) atoms. The van der Waals surface area contributed by atoms with Crippen LogP contribution in [0.5, 0.6) is 5.75 Å². The van der Waals surface area contributed by atoms with E-state index in [1.165, 1.54) is 11.3 Å². The predicted octanol–water partition coefficient (Wildman–Crippen LogP) is 3.87. The maximum absolute atomic E-state index is 12.2. The van der Waals surface area contributed by atoms with Gasteiger partial charge in [0.2, 0.25) is 0 Å². The van der Waals surface area contributed by atoms with Gasteiger partial charge in [-0.3, -0.25) is 10.1 Å². The van der Waals surface area contributed by atoms with Gasteiger partial charge >= 0.3 is 0 Å². The Hall–Kier alpha value is -2.97. The van der Waals surface area contributed by atoms with Crippen molar-refractivity contribution in [2.45, 2.75) is 0 Å². The van der Waals surface area contributed by atoms with Crippen LogP contribution in [-0.2, 0) is 0 Å². The highest BCUT2D eigenvalue weighted by Crippen LogP contribution is 2.28. The minimum atomic E-state index is -0.438. The lowest BCUT2D eigenvalue weighted by atomic mass is 10.2. The predicted molar refractivity (Wildman–Crippen MR) is 101 cm³/mol. The quantitative estimate of drug-likeness (QED) is 0.465. The molecule has 6 nitrogen and oxygen atoms in total. The number of thiazole rings is 1. The van der Waals surface area contributed by atoms with Crippen molar-refractivity contribution in [2.75, 3.05) is 5.32 Å². The van der Waals surface area contributed by atoms with Crippen molar-refractivity contribution in [1.82, 2.24) is 10.3 Å². The summed E-state index contributed by atoms with van der Waals surface area (Å²) in [6, 6.07) is 13.9. The molecule has 0 fully saturated rings. The smallest absolute Gasteiger partial charge is 0.293 e. The van der Waals surface area contributed by atoms with Crippen LogP contribution < -0.4 is 10.6 Å². The van der Waals surface area contributed by atoms with E-state index in [-0.39, 0.29) is 16.6 Å². The maximum atomic E-state index is 12.2. The molecular weight excluding hydrogens is 358 g/mol. The number of nitrogens with zero attached hydrogens (tertiary/aromatic N) is 1. The summed E-state index contributed by atoms with van der Waals surface area (Å²) in [5.41, 5.74) is 1.37. The van der Waals surface area contributed by atoms with Crippen LogP contribution in [0.1, 0.15) is 10.6 Å². The number of furan rings is 1. The molecule has 2 aromatic carbocycles. The Morgan fingerprint density at radius 3 is 2.88 bits per heavy atom. The monoisotopic (exact) mass is 369 g/mol. The van der Waals surface area contributed by atoms with Gasteiger partial charge < -0.3 is 14.8 Å². The zero-order valence-electron chi connectivity index (χ0n) is 12.6. The molecule has 124 valence electrons. The molecule has 0 bridgehead atoms. The lowest BCUT2D eigenvalue weighted by Gasteiger charge is -2.04. The van der Waals surface area contributed by atoms with E-state index in [1.54, 1.807) is 30.3 Å². The topological polar surface area (TPSA) is 87.4 Å². The largest absolute Gasteiger partial charge is 0.508 e. The summed E-state index contributed by atoms with van der Waals surface area (Å²) < 4.78 is 6.32. The van der Waals surface area contributed by atoms with Crippen LogP contribution in [0.4, 0.5) is 5.13 Å². The number of carbonyl (C=O) groups is 1. The normalized spacial score (nSPS) is 10.9. The minimum absolute atomic E-state index is 0.119. The first kappa shape index (κ1) is 15.6. The third-order valence-electron chi connectivity index (χ3n) is 3.47. The summed E-state index contributed by atoms with van der Waals surface area (Å²) in [5, 5.41) is 16.4. The van der Waals surface area contributed by atoms with Gasteiger partial charge in [-0.25, -0.2) is 4.98 Å². The summed E-state index contributed by atoms with van der Waals surface area (Å²) >= 11 is 6.48. The molecule has 0 aliphatic carbocycles. The summed E-state index contributed by atoms with van der Waals surface area (Å²) in [6.45, 7) is 0. The Morgan fingerprint density at radius 2 is 2.04 bits per heavy atom. The van der Waals surface area contributed by atoms with E-state index < -0.39 is 5.91 Å². The highest BCUT2D eigenvalue weighted by Gasteiger charge is 2.14. The number of para-hydroxylation sites is 1. The third-order valence-corrected chi connectivity index (χ3v) is 4.61. The number of hydrogen-bond acceptors (Lipinski definition) is 6. The molecule has 0 atom stereocenters. The number of nitrogens with one attached hydrogen (secondary N) is 2. The van der Waals surface area contributed by atoms with Gasteiger partial charge in [0.15, 0.2) is 16.0 Å². The molecule has 0 aliphatic heterocycles. The van der Waals surface area contributed by atoms with Crippen molar-refractivity contribution >= 4 is 60.9 Å². The fourth-order valence-electron chi connectivity index (χ4n) is 2.35. The van der Waals surface area contributed by atoms with Crippen molar-refractivity contribution in [3.05, 3.63) is 54.3 Å². The van der Waals surface area contributed by atoms with Crippen LogP contribution in [0.2, 0.25) is 0 Å². The van der Waals surface area contributed by atoms with Gasteiger partial charge in [0.25, 0.3) is 5.91 Å². The van der Waals surface area contributed by atoms with E-state index in [1.807, 2.05) is 18.2 Å². The Balaban J connectivity index is 1.47. The minimum Gasteiger partial charge on any atom is -0.508 e. The zero-order chi connectivity index (χ0) is 17.4. The Kier molecular flexibility index (Phi) is 3.83. The number of hydrogen-bond donors (Lipinski definition) is 3. The molecule has 0 spiro atoms. The summed E-state index contributed by atoms with van der Waals surface area (Å²) in [4.78, 5) is 16.6. The second-order valence-corrected chi connectivity index (χ2v) is 6.67. The summed E-state index contributed by atoms with van der Waals surface area (Å²) in [6.07, 6.45) is 0. The molecule has 0 unspecified atom stereocenters. The molecule has 0 aliphatic rings. The molecule has 0 saturated carbocycles. The van der Waals surface area contributed by atoms with Gasteiger partial charge in [0.1, 0.15) is 11.3 Å². The van der Waals surface area contributed by atoms with Crippen LogP contribution in [-0.4, -0.2) is 21.1 Å². The fraction of sp³-hybridized carbons (Fsp3) is 0. The SMILES string of the molecule is O=C(NC(=S)Nc1nc2ccc(O)cc2s1)c1cc2ccccc2o1. The number of carbonyl (C=O) groups excluding carboxylic acids is 1. The number of aromatic nitrogens is 1. The van der Waals surface area contributed by atoms with Crippen LogP contribution in [0, 0.1) is 0 Å². The van der Waals surface area contributed by atoms with Gasteiger partial charge in [-0.1, -0.05) is 29.5 Å². The zero-order valence-corrected chi connectivity index (χ0v) is 14.3. The first-order valence-corrected chi connectivity index (χ1v) is 8.51. The molecular formula is C17H11N3O3S2. The number of phenols is 1. The number of thiocarbonyl (C=S) groups is 1. The third kappa shape index (κ3) is 3.17. The molecule has 4 aromatic rings. The van der Waals surface area contributed by atoms with Crippen LogP contribution in [0.25, 0.3) is 21.2 Å². The standard InChI is InChI=1S/C17H11N3O3S2/c21-10-5-6-11-14(8-10)25-17(18-11)20-16(24)19-15(22)13-7-9-3-1-2-4-12(9)23-13/h1-8,21H,(H2,18,19,20,22,24). The number of amides is 1. The van der Waals surface area contributed by atoms with Crippen LogP contribution in [0.15, 0.2) is 52.9 Å². The lowest BCUT2D eigenvalue weighted by molar-refractivity contribution is 0.0953. The first-order valence-electron chi connectivity index (χ1n) is 7.29. The second kappa shape index (κ2) is 6.15. The van der Waals surface area contributed by atoms with Crippen molar-refractivity contribution < 1.29 is 14.3 Å². The van der Waals surface area contributed by atoms with E-state index in [0.29, 0.717) is 10.7 Å². The average Bonchev–Trinajstić information content (AvgIpc) is 3.17. The number of phenolic OH excluding ortho intramolecular Hbond substituents is 1. The van der Waals surface area contributed by atoms with E-state index in [4.69, 9.17) is 16.6 Å². The van der Waals surface area contributed by atoms with E-state index in [2.05, 4.69) is 15.6 Å². The van der Waals surface area contributed by atoms with Crippen molar-refractivity contribution in [2.24, 2.45) is 0 Å². The molecule has 2 aromatic heterocycles. The molecule has 4 rings (SSSR count). The fourth-order valence-corrected chi connectivity index (χ4v) is 3.51. The molecule has 3 N–H and O–H groups in total. The Morgan fingerprint density at radius 1 is 1.20 bits per heavy atom. The summed E-state index contributed by atoms with van der Waals surface area (Å²) in [7, 11) is 0. The van der Waals surface area contributed by atoms with Crippen LogP contribution >= 0.6 is 23.6 Å². The Labute approximate surface area is 151 Å². The van der Waals surface area contributed by atoms with Crippen molar-refractivity contribution in [1.29, 1.82) is 0 Å². The van der Waals surface area contributed by atoms with Gasteiger partial charge in [-0.15, -0.1) is 0 Å². The van der Waals surface area contributed by atoms with Gasteiger partial charge in [0, 0.05) is 5.39 Å². The number of aromatic hydroxyl groups is 1. The highest BCUT2D eigenvalue weighted by molar-refractivity contribution is 7.80.